The molecule has 1 saturated carbocycles. The molecular weight excluding hydrogens is 230 g/mol. The van der Waals surface area contributed by atoms with Crippen molar-refractivity contribution < 1.29 is 9.53 Å². The Morgan fingerprint density at radius 3 is 2.78 bits per heavy atom. The molecule has 0 bridgehead atoms. The number of hydrogen-bond donors (Lipinski definition) is 2. The molecule has 4 N–H and O–H groups in total. The van der Waals surface area contributed by atoms with Gasteiger partial charge in [-0.3, -0.25) is 9.69 Å². The van der Waals surface area contributed by atoms with Crippen LogP contribution >= 0.6 is 0 Å². The first-order chi connectivity index (χ1) is 8.53. The monoisotopic (exact) mass is 257 g/mol. The van der Waals surface area contributed by atoms with Crippen LogP contribution in [-0.4, -0.2) is 48.7 Å². The van der Waals surface area contributed by atoms with Gasteiger partial charge in [0.2, 0.25) is 5.91 Å². The fourth-order valence-electron chi connectivity index (χ4n) is 2.74. The molecule has 0 saturated heterocycles. The average molecular weight is 257 g/mol. The summed E-state index contributed by atoms with van der Waals surface area (Å²) in [6.07, 6.45) is 3.44. The van der Waals surface area contributed by atoms with E-state index in [4.69, 9.17) is 16.2 Å². The van der Waals surface area contributed by atoms with Gasteiger partial charge in [-0.25, -0.2) is 0 Å². The molecular formula is C13H27N3O2. The average Bonchev–Trinajstić information content (AvgIpc) is 2.34. The van der Waals surface area contributed by atoms with Gasteiger partial charge in [-0.15, -0.1) is 0 Å². The van der Waals surface area contributed by atoms with Crippen LogP contribution in [-0.2, 0) is 9.53 Å². The number of carbonyl (C=O) groups is 1. The van der Waals surface area contributed by atoms with Gasteiger partial charge in [0.1, 0.15) is 0 Å². The van der Waals surface area contributed by atoms with Crippen molar-refractivity contribution in [2.75, 3.05) is 26.3 Å². The quantitative estimate of drug-likeness (QED) is 0.650. The minimum atomic E-state index is -0.818. The second-order valence-corrected chi connectivity index (χ2v) is 5.10. The molecule has 0 aromatic rings. The lowest BCUT2D eigenvalue weighted by Crippen LogP contribution is -2.58. The predicted molar refractivity (Wildman–Crippen MR) is 72.1 cm³/mol. The highest BCUT2D eigenvalue weighted by Crippen LogP contribution is 2.29. The Bertz CT molecular complexity index is 273. The number of hydrogen-bond acceptors (Lipinski definition) is 4. The van der Waals surface area contributed by atoms with E-state index in [0.717, 1.165) is 39.1 Å². The summed E-state index contributed by atoms with van der Waals surface area (Å²) >= 11 is 0. The summed E-state index contributed by atoms with van der Waals surface area (Å²) in [5, 5.41) is 0. The summed E-state index contributed by atoms with van der Waals surface area (Å²) in [5.41, 5.74) is 10.7. The third-order valence-corrected chi connectivity index (χ3v) is 3.90. The van der Waals surface area contributed by atoms with Gasteiger partial charge in [0, 0.05) is 19.2 Å². The highest BCUT2D eigenvalue weighted by molar-refractivity contribution is 5.84. The number of nitrogens with two attached hydrogens (primary N) is 2. The number of amides is 1. The van der Waals surface area contributed by atoms with E-state index in [9.17, 15) is 4.79 Å². The fraction of sp³-hybridized carbons (Fsp3) is 0.923. The second kappa shape index (κ2) is 7.07. The first-order valence-corrected chi connectivity index (χ1v) is 6.94. The minimum absolute atomic E-state index is 0.349. The van der Waals surface area contributed by atoms with Gasteiger partial charge in [0.25, 0.3) is 0 Å². The van der Waals surface area contributed by atoms with Gasteiger partial charge in [-0.05, 0) is 39.2 Å². The maximum Gasteiger partial charge on any atom is 0.237 e. The zero-order valence-electron chi connectivity index (χ0n) is 11.7. The molecule has 5 nitrogen and oxygen atoms in total. The van der Waals surface area contributed by atoms with Gasteiger partial charge >= 0.3 is 0 Å². The fourth-order valence-corrected chi connectivity index (χ4v) is 2.74. The van der Waals surface area contributed by atoms with Crippen LogP contribution in [0.3, 0.4) is 0 Å². The smallest absolute Gasteiger partial charge is 0.237 e. The Hall–Kier alpha value is -0.650. The third-order valence-electron chi connectivity index (χ3n) is 3.90. The Balaban J connectivity index is 2.55. The molecule has 1 aliphatic carbocycles. The number of rotatable bonds is 7. The third kappa shape index (κ3) is 3.93. The molecule has 18 heavy (non-hydrogen) atoms. The van der Waals surface area contributed by atoms with Crippen molar-refractivity contribution >= 4 is 5.91 Å². The van der Waals surface area contributed by atoms with E-state index in [2.05, 4.69) is 11.8 Å². The summed E-state index contributed by atoms with van der Waals surface area (Å²) in [4.78, 5) is 13.8. The van der Waals surface area contributed by atoms with Gasteiger partial charge in [-0.1, -0.05) is 6.92 Å². The van der Waals surface area contributed by atoms with Crippen LogP contribution in [0.5, 0.6) is 0 Å². The molecule has 0 aliphatic heterocycles. The molecule has 106 valence electrons. The molecule has 1 aliphatic rings. The zero-order chi connectivity index (χ0) is 13.6. The van der Waals surface area contributed by atoms with Crippen LogP contribution in [0.2, 0.25) is 0 Å². The first kappa shape index (κ1) is 15.4. The lowest BCUT2D eigenvalue weighted by molar-refractivity contribution is -0.125. The van der Waals surface area contributed by atoms with Crippen molar-refractivity contribution in [3.63, 3.8) is 0 Å². The van der Waals surface area contributed by atoms with Gasteiger partial charge < -0.3 is 16.2 Å². The maximum absolute atomic E-state index is 11.4. The molecule has 2 atom stereocenters. The van der Waals surface area contributed by atoms with Crippen molar-refractivity contribution in [2.24, 2.45) is 11.5 Å². The highest BCUT2D eigenvalue weighted by atomic mass is 16.5. The number of primary amides is 1. The molecule has 1 rings (SSSR count). The Kier molecular flexibility index (Phi) is 6.05. The van der Waals surface area contributed by atoms with Crippen molar-refractivity contribution in [2.45, 2.75) is 51.1 Å². The molecule has 0 radical (unpaired) electrons. The molecule has 1 fully saturated rings. The van der Waals surface area contributed by atoms with E-state index in [1.54, 1.807) is 0 Å². The van der Waals surface area contributed by atoms with E-state index in [-0.39, 0.29) is 5.91 Å². The van der Waals surface area contributed by atoms with Crippen molar-refractivity contribution in [1.29, 1.82) is 0 Å². The number of nitrogens with zero attached hydrogens (tertiary/aromatic N) is 1. The SMILES string of the molecule is CCOCCN(CC)C1CCCC(N)(C(N)=O)C1. The van der Waals surface area contributed by atoms with Gasteiger partial charge in [-0.2, -0.15) is 0 Å². The molecule has 1 amide bonds. The molecule has 5 heteroatoms. The summed E-state index contributed by atoms with van der Waals surface area (Å²) in [6.45, 7) is 7.44. The molecule has 0 spiro atoms. The van der Waals surface area contributed by atoms with Crippen LogP contribution in [0.15, 0.2) is 0 Å². The van der Waals surface area contributed by atoms with E-state index >= 15 is 0 Å². The number of ether oxygens (including phenoxy) is 1. The summed E-state index contributed by atoms with van der Waals surface area (Å²) in [6, 6.07) is 0.349. The van der Waals surface area contributed by atoms with Crippen LogP contribution in [0.25, 0.3) is 0 Å². The summed E-state index contributed by atoms with van der Waals surface area (Å²) < 4.78 is 5.39. The lowest BCUT2D eigenvalue weighted by atomic mass is 9.78. The van der Waals surface area contributed by atoms with Crippen LogP contribution in [0, 0.1) is 0 Å². The van der Waals surface area contributed by atoms with Crippen molar-refractivity contribution in [3.05, 3.63) is 0 Å². The normalized spacial score (nSPS) is 28.6. The Morgan fingerprint density at radius 2 is 2.22 bits per heavy atom. The molecule has 0 aromatic carbocycles. The Labute approximate surface area is 110 Å². The largest absolute Gasteiger partial charge is 0.380 e. The zero-order valence-corrected chi connectivity index (χ0v) is 11.7. The molecule has 0 aromatic heterocycles. The summed E-state index contributed by atoms with van der Waals surface area (Å²) in [5.74, 6) is -0.368. The summed E-state index contributed by atoms with van der Waals surface area (Å²) in [7, 11) is 0. The van der Waals surface area contributed by atoms with E-state index in [1.165, 1.54) is 0 Å². The van der Waals surface area contributed by atoms with E-state index < -0.39 is 5.54 Å². The molecule has 0 heterocycles. The van der Waals surface area contributed by atoms with Crippen molar-refractivity contribution in [3.8, 4) is 0 Å². The molecule has 2 unspecified atom stereocenters. The van der Waals surface area contributed by atoms with Crippen molar-refractivity contribution in [1.82, 2.24) is 4.90 Å². The second-order valence-electron chi connectivity index (χ2n) is 5.10. The standard InChI is InChI=1S/C13H27N3O2/c1-3-16(8-9-18-4-2)11-6-5-7-13(15,10-11)12(14)17/h11H,3-10,15H2,1-2H3,(H2,14,17). The van der Waals surface area contributed by atoms with Gasteiger partial charge in [0.15, 0.2) is 0 Å². The predicted octanol–water partition coefficient (Wildman–Crippen LogP) is 0.470. The minimum Gasteiger partial charge on any atom is -0.380 e. The van der Waals surface area contributed by atoms with Crippen LogP contribution in [0.1, 0.15) is 39.5 Å². The first-order valence-electron chi connectivity index (χ1n) is 6.94. The lowest BCUT2D eigenvalue weighted by Gasteiger charge is -2.40. The van der Waals surface area contributed by atoms with Crippen LogP contribution in [0.4, 0.5) is 0 Å². The van der Waals surface area contributed by atoms with E-state index in [1.807, 2.05) is 6.92 Å². The van der Waals surface area contributed by atoms with Gasteiger partial charge in [0.05, 0.1) is 12.1 Å². The Morgan fingerprint density at radius 1 is 1.50 bits per heavy atom. The number of carbonyl (C=O) groups excluding carboxylic acids is 1. The maximum atomic E-state index is 11.4. The topological polar surface area (TPSA) is 81.6 Å². The highest BCUT2D eigenvalue weighted by Gasteiger charge is 2.39. The van der Waals surface area contributed by atoms with Crippen LogP contribution < -0.4 is 11.5 Å². The number of likely N-dealkylation sites (N-methyl/N-ethyl adjacent to an activating group) is 1. The van der Waals surface area contributed by atoms with E-state index in [0.29, 0.717) is 18.9 Å².